The number of carbonyl (C=O) groups is 1. The molecule has 5 N–H and O–H groups in total. The Balaban J connectivity index is 1.32. The third-order valence-corrected chi connectivity index (χ3v) is 11.2. The van der Waals surface area contributed by atoms with Gasteiger partial charge in [-0.3, -0.25) is 16.1 Å². The molecular weight excluding hydrogens is 420 g/mol. The smallest absolute Gasteiger partial charge is 0.220 e. The first kappa shape index (κ1) is 26.4. The fourth-order valence-corrected chi connectivity index (χ4v) is 9.43. The molecule has 7 unspecified atom stereocenters. The highest BCUT2D eigenvalue weighted by molar-refractivity contribution is 5.76. The van der Waals surface area contributed by atoms with Gasteiger partial charge < -0.3 is 10.6 Å². The molecule has 0 aromatic rings. The lowest BCUT2D eigenvalue weighted by Gasteiger charge is -2.61. The van der Waals surface area contributed by atoms with E-state index < -0.39 is 0 Å². The predicted molar refractivity (Wildman–Crippen MR) is 141 cm³/mol. The summed E-state index contributed by atoms with van der Waals surface area (Å²) in [5, 5.41) is 6.91. The van der Waals surface area contributed by atoms with Crippen LogP contribution in [0.1, 0.15) is 111 Å². The number of hydrogen-bond acceptors (Lipinski definition) is 4. The zero-order chi connectivity index (χ0) is 24.3. The van der Waals surface area contributed by atoms with Gasteiger partial charge in [-0.25, -0.2) is 0 Å². The fourth-order valence-electron chi connectivity index (χ4n) is 9.43. The van der Waals surface area contributed by atoms with Gasteiger partial charge in [0.05, 0.1) is 0 Å². The van der Waals surface area contributed by atoms with Crippen molar-refractivity contribution in [2.45, 2.75) is 123 Å². The highest BCUT2D eigenvalue weighted by Crippen LogP contribution is 2.67. The average Bonchev–Trinajstić information content (AvgIpc) is 3.12. The molecule has 196 valence electrons. The monoisotopic (exact) mass is 474 g/mol. The Labute approximate surface area is 209 Å². The maximum atomic E-state index is 12.1. The van der Waals surface area contributed by atoms with Crippen molar-refractivity contribution in [2.75, 3.05) is 13.1 Å². The molecule has 0 saturated heterocycles. The summed E-state index contributed by atoms with van der Waals surface area (Å²) in [5.74, 6) is 10.2. The molecule has 4 saturated carbocycles. The Hall–Kier alpha value is -0.650. The SMILES string of the molecule is CC(C)NC(=O)CCC[C@H]1CCC2C3CCC4CC(NCCCNN)CCC4(C)C3CCC21C. The summed E-state index contributed by atoms with van der Waals surface area (Å²) in [6, 6.07) is 0.969. The number of hydrazine groups is 1. The lowest BCUT2D eigenvalue weighted by Crippen LogP contribution is -2.55. The van der Waals surface area contributed by atoms with Crippen molar-refractivity contribution in [3.05, 3.63) is 0 Å². The van der Waals surface area contributed by atoms with Crippen LogP contribution in [0.5, 0.6) is 0 Å². The van der Waals surface area contributed by atoms with Crippen molar-refractivity contribution in [2.24, 2.45) is 46.3 Å². The van der Waals surface area contributed by atoms with Crippen LogP contribution in [0, 0.1) is 40.4 Å². The van der Waals surface area contributed by atoms with Crippen molar-refractivity contribution >= 4 is 5.91 Å². The molecule has 0 aromatic heterocycles. The van der Waals surface area contributed by atoms with E-state index in [0.717, 1.165) is 55.5 Å². The summed E-state index contributed by atoms with van der Waals surface area (Å²) in [6.07, 6.45) is 17.0. The molecule has 0 heterocycles. The summed E-state index contributed by atoms with van der Waals surface area (Å²) >= 11 is 0. The minimum absolute atomic E-state index is 0.241. The van der Waals surface area contributed by atoms with E-state index in [1.54, 1.807) is 0 Å². The third kappa shape index (κ3) is 5.37. The van der Waals surface area contributed by atoms with Gasteiger partial charge in [-0.2, -0.15) is 0 Å². The zero-order valence-electron chi connectivity index (χ0n) is 22.6. The topological polar surface area (TPSA) is 79.2 Å². The van der Waals surface area contributed by atoms with Crippen LogP contribution >= 0.6 is 0 Å². The highest BCUT2D eigenvalue weighted by atomic mass is 16.1. The largest absolute Gasteiger partial charge is 0.354 e. The quantitative estimate of drug-likeness (QED) is 0.200. The lowest BCUT2D eigenvalue weighted by atomic mass is 9.44. The van der Waals surface area contributed by atoms with Gasteiger partial charge >= 0.3 is 0 Å². The van der Waals surface area contributed by atoms with Crippen LogP contribution in [0.15, 0.2) is 0 Å². The summed E-state index contributed by atoms with van der Waals surface area (Å²) in [6.45, 7) is 11.4. The van der Waals surface area contributed by atoms with E-state index >= 15 is 0 Å². The van der Waals surface area contributed by atoms with Crippen LogP contribution in [0.2, 0.25) is 0 Å². The van der Waals surface area contributed by atoms with Crippen molar-refractivity contribution in [3.63, 3.8) is 0 Å². The first-order valence-electron chi connectivity index (χ1n) is 14.7. The Kier molecular flexibility index (Phi) is 8.68. The van der Waals surface area contributed by atoms with Crippen molar-refractivity contribution in [3.8, 4) is 0 Å². The maximum Gasteiger partial charge on any atom is 0.220 e. The molecule has 4 aliphatic rings. The predicted octanol–water partition coefficient (Wildman–Crippen LogP) is 5.15. The number of rotatable bonds is 10. The first-order valence-corrected chi connectivity index (χ1v) is 14.7. The molecule has 4 aliphatic carbocycles. The molecule has 34 heavy (non-hydrogen) atoms. The van der Waals surface area contributed by atoms with Crippen LogP contribution in [-0.4, -0.2) is 31.1 Å². The minimum Gasteiger partial charge on any atom is -0.354 e. The van der Waals surface area contributed by atoms with E-state index in [1.807, 2.05) is 0 Å². The van der Waals surface area contributed by atoms with Gasteiger partial charge in [-0.15, -0.1) is 0 Å². The molecule has 0 aliphatic heterocycles. The van der Waals surface area contributed by atoms with Crippen LogP contribution in [0.3, 0.4) is 0 Å². The van der Waals surface area contributed by atoms with Gasteiger partial charge in [0, 0.05) is 25.0 Å². The minimum atomic E-state index is 0.241. The van der Waals surface area contributed by atoms with Crippen LogP contribution in [0.25, 0.3) is 0 Å². The Morgan fingerprint density at radius 2 is 1.71 bits per heavy atom. The summed E-state index contributed by atoms with van der Waals surface area (Å²) < 4.78 is 0. The highest BCUT2D eigenvalue weighted by Gasteiger charge is 2.59. The molecular formula is C29H54N4O. The Bertz CT molecular complexity index is 683. The lowest BCUT2D eigenvalue weighted by molar-refractivity contribution is -0.122. The molecule has 4 fully saturated rings. The second kappa shape index (κ2) is 11.2. The van der Waals surface area contributed by atoms with Crippen molar-refractivity contribution in [1.29, 1.82) is 0 Å². The summed E-state index contributed by atoms with van der Waals surface area (Å²) in [5.41, 5.74) is 3.86. The second-order valence-corrected chi connectivity index (χ2v) is 13.3. The van der Waals surface area contributed by atoms with Crippen molar-refractivity contribution < 1.29 is 4.79 Å². The van der Waals surface area contributed by atoms with E-state index in [9.17, 15) is 4.79 Å². The zero-order valence-corrected chi connectivity index (χ0v) is 22.6. The number of amides is 1. The Morgan fingerprint density at radius 3 is 2.47 bits per heavy atom. The number of nitrogens with two attached hydrogens (primary N) is 1. The van der Waals surface area contributed by atoms with Gasteiger partial charge in [-0.1, -0.05) is 13.8 Å². The number of hydrogen-bond donors (Lipinski definition) is 4. The van der Waals surface area contributed by atoms with Gasteiger partial charge in [0.15, 0.2) is 0 Å². The summed E-state index contributed by atoms with van der Waals surface area (Å²) in [4.78, 5) is 12.1. The fraction of sp³-hybridized carbons (Fsp3) is 0.966. The van der Waals surface area contributed by atoms with E-state index in [-0.39, 0.29) is 11.9 Å². The van der Waals surface area contributed by atoms with Crippen LogP contribution in [-0.2, 0) is 4.79 Å². The standard InChI is InChI=1S/C29H54N4O/c1-20(2)33-27(34)8-5-7-21-10-12-25-24-11-9-22-19-23(31-17-6-18-32-30)13-15-29(22,4)26(24)14-16-28(21,25)3/h20-26,31-32H,5-19,30H2,1-4H3,(H,33,34)/t21-,22?,23?,24?,25?,26?,28?,29?/m0/s1. The van der Waals surface area contributed by atoms with Crippen molar-refractivity contribution in [1.82, 2.24) is 16.1 Å². The molecule has 8 atom stereocenters. The molecule has 1 amide bonds. The van der Waals surface area contributed by atoms with E-state index in [2.05, 4.69) is 43.8 Å². The van der Waals surface area contributed by atoms with E-state index in [0.29, 0.717) is 23.3 Å². The molecule has 0 aromatic carbocycles. The molecule has 5 heteroatoms. The Morgan fingerprint density at radius 1 is 0.941 bits per heavy atom. The van der Waals surface area contributed by atoms with Gasteiger partial charge in [-0.05, 0) is 138 Å². The van der Waals surface area contributed by atoms with Gasteiger partial charge in [0.25, 0.3) is 0 Å². The number of carbonyl (C=O) groups excluding carboxylic acids is 1. The van der Waals surface area contributed by atoms with E-state index in [1.165, 1.54) is 64.2 Å². The van der Waals surface area contributed by atoms with Crippen LogP contribution < -0.4 is 21.9 Å². The normalized spacial score (nSPS) is 41.6. The number of nitrogens with one attached hydrogen (secondary N) is 3. The molecule has 4 rings (SSSR count). The second-order valence-electron chi connectivity index (χ2n) is 13.3. The summed E-state index contributed by atoms with van der Waals surface area (Å²) in [7, 11) is 0. The maximum absolute atomic E-state index is 12.1. The first-order chi connectivity index (χ1) is 16.3. The van der Waals surface area contributed by atoms with E-state index in [4.69, 9.17) is 5.84 Å². The average molecular weight is 475 g/mol. The van der Waals surface area contributed by atoms with Crippen LogP contribution in [0.4, 0.5) is 0 Å². The third-order valence-electron chi connectivity index (χ3n) is 11.2. The molecule has 0 radical (unpaired) electrons. The molecule has 0 spiro atoms. The van der Waals surface area contributed by atoms with Gasteiger partial charge in [0.1, 0.15) is 0 Å². The molecule has 5 nitrogen and oxygen atoms in total. The molecule has 0 bridgehead atoms. The van der Waals surface area contributed by atoms with Gasteiger partial charge in [0.2, 0.25) is 5.91 Å². The number of fused-ring (bicyclic) bond motifs is 5.